The summed E-state index contributed by atoms with van der Waals surface area (Å²) in [6.45, 7) is 6.77. The Morgan fingerprint density at radius 3 is 2.83 bits per heavy atom. The second kappa shape index (κ2) is 5.43. The molecule has 38 valence electrons. The van der Waals surface area contributed by atoms with E-state index in [0.717, 1.165) is 6.54 Å². The summed E-state index contributed by atoms with van der Waals surface area (Å²) >= 11 is 0.142. The van der Waals surface area contributed by atoms with Crippen molar-refractivity contribution in [3.8, 4) is 0 Å². The zero-order valence-corrected chi connectivity index (χ0v) is 6.03. The van der Waals surface area contributed by atoms with E-state index in [4.69, 9.17) is 0 Å². The molecule has 0 amide bonds. The van der Waals surface area contributed by atoms with Gasteiger partial charge in [-0.05, 0) is 0 Å². The van der Waals surface area contributed by atoms with Gasteiger partial charge in [0, 0.05) is 0 Å². The van der Waals surface area contributed by atoms with Gasteiger partial charge in [-0.3, -0.25) is 0 Å². The Kier molecular flexibility index (Phi) is 5.82. The summed E-state index contributed by atoms with van der Waals surface area (Å²) in [7, 11) is 0. The van der Waals surface area contributed by atoms with Gasteiger partial charge in [-0.15, -0.1) is 0 Å². The fourth-order valence-electron chi connectivity index (χ4n) is 0.132. The average Bonchev–Trinajstić information content (AvgIpc) is 1.61. The Balaban J connectivity index is 2.49. The van der Waals surface area contributed by atoms with Crippen LogP contribution in [-0.2, 0) is 0 Å². The van der Waals surface area contributed by atoms with Gasteiger partial charge in [-0.1, -0.05) is 0 Å². The fourth-order valence-corrected chi connectivity index (χ4v) is 0.884. The Bertz CT molecular complexity index is 36.5. The summed E-state index contributed by atoms with van der Waals surface area (Å²) in [6.07, 6.45) is 0. The first-order valence-electron chi connectivity index (χ1n) is 1.88. The quantitative estimate of drug-likeness (QED) is 0.306. The molecule has 0 unspecified atom stereocenters. The first kappa shape index (κ1) is 6.43. The molecule has 0 aliphatic carbocycles. The van der Waals surface area contributed by atoms with E-state index in [1.54, 1.807) is 0 Å². The van der Waals surface area contributed by atoms with Gasteiger partial charge in [0.25, 0.3) is 0 Å². The number of hydrogen-bond donors (Lipinski definition) is 1. The van der Waals surface area contributed by atoms with Crippen molar-refractivity contribution in [1.82, 2.24) is 3.53 Å². The minimum absolute atomic E-state index is 0.142. The van der Waals surface area contributed by atoms with Gasteiger partial charge in [-0.2, -0.15) is 0 Å². The van der Waals surface area contributed by atoms with Crippen LogP contribution in [0.4, 0.5) is 0 Å². The Morgan fingerprint density at radius 1 is 2.00 bits per heavy atom. The molecule has 0 bridgehead atoms. The SMILES string of the molecule is C=C[I-]NCC. The van der Waals surface area contributed by atoms with Crippen LogP contribution in [0.15, 0.2) is 10.7 Å². The van der Waals surface area contributed by atoms with Gasteiger partial charge in [0.05, 0.1) is 0 Å². The Hall–Kier alpha value is 0.430. The van der Waals surface area contributed by atoms with E-state index < -0.39 is 0 Å². The molecule has 1 N–H and O–H groups in total. The number of hydrogen-bond acceptors (Lipinski definition) is 1. The zero-order valence-electron chi connectivity index (χ0n) is 3.87. The Labute approximate surface area is 49.4 Å². The third-order valence-corrected chi connectivity index (χ3v) is 1.93. The molecule has 0 heterocycles. The van der Waals surface area contributed by atoms with Crippen molar-refractivity contribution in [3.05, 3.63) is 10.7 Å². The van der Waals surface area contributed by atoms with Gasteiger partial charge < -0.3 is 0 Å². The van der Waals surface area contributed by atoms with Gasteiger partial charge >= 0.3 is 49.1 Å². The molecule has 0 spiro atoms. The summed E-state index contributed by atoms with van der Waals surface area (Å²) in [5, 5.41) is 0. The second-order valence-corrected chi connectivity index (χ2v) is 3.02. The fraction of sp³-hybridized carbons (Fsp3) is 0.500. The van der Waals surface area contributed by atoms with Crippen LogP contribution in [0.25, 0.3) is 0 Å². The van der Waals surface area contributed by atoms with E-state index in [1.807, 2.05) is 4.08 Å². The van der Waals surface area contributed by atoms with Crippen LogP contribution < -0.4 is 25.0 Å². The molecule has 0 radical (unpaired) electrons. The maximum atomic E-state index is 3.58. The molecule has 0 atom stereocenters. The van der Waals surface area contributed by atoms with Crippen LogP contribution in [0.5, 0.6) is 0 Å². The van der Waals surface area contributed by atoms with Crippen molar-refractivity contribution in [2.75, 3.05) is 6.54 Å². The topological polar surface area (TPSA) is 12.0 Å². The van der Waals surface area contributed by atoms with Crippen molar-refractivity contribution < 1.29 is 21.5 Å². The van der Waals surface area contributed by atoms with E-state index in [1.165, 1.54) is 0 Å². The molecule has 0 saturated heterocycles. The van der Waals surface area contributed by atoms with Gasteiger partial charge in [-0.25, -0.2) is 0 Å². The summed E-state index contributed by atoms with van der Waals surface area (Å²) in [4.78, 5) is 0. The second-order valence-electron chi connectivity index (χ2n) is 0.751. The van der Waals surface area contributed by atoms with Crippen LogP contribution in [0.1, 0.15) is 6.92 Å². The number of halogens is 1. The molecule has 0 aliphatic rings. The molecular formula is C4H9IN-. The van der Waals surface area contributed by atoms with Crippen molar-refractivity contribution in [2.45, 2.75) is 6.92 Å². The molecule has 0 aromatic rings. The zero-order chi connectivity index (χ0) is 4.83. The molecule has 1 nitrogen and oxygen atoms in total. The molecule has 0 rings (SSSR count). The monoisotopic (exact) mass is 198 g/mol. The van der Waals surface area contributed by atoms with Crippen molar-refractivity contribution in [2.24, 2.45) is 0 Å². The third kappa shape index (κ3) is 4.43. The normalized spacial score (nSPS) is 8.83. The standard InChI is InChI=1S/C4H9IN/c1-3-5-6-4-2/h3,6H,1,4H2,2H3/q-1. The summed E-state index contributed by atoms with van der Waals surface area (Å²) in [5.41, 5.74) is 0. The molecule has 0 aromatic heterocycles. The van der Waals surface area contributed by atoms with Crippen molar-refractivity contribution >= 4 is 0 Å². The van der Waals surface area contributed by atoms with Crippen LogP contribution in [0.2, 0.25) is 0 Å². The van der Waals surface area contributed by atoms with Gasteiger partial charge in [0.2, 0.25) is 0 Å². The van der Waals surface area contributed by atoms with Gasteiger partial charge in [0.15, 0.2) is 0 Å². The van der Waals surface area contributed by atoms with E-state index in [9.17, 15) is 0 Å². The van der Waals surface area contributed by atoms with E-state index in [2.05, 4.69) is 17.0 Å². The molecule has 6 heavy (non-hydrogen) atoms. The van der Waals surface area contributed by atoms with Gasteiger partial charge in [0.1, 0.15) is 0 Å². The summed E-state index contributed by atoms with van der Waals surface area (Å²) in [5.74, 6) is 0. The van der Waals surface area contributed by atoms with Crippen molar-refractivity contribution in [1.29, 1.82) is 0 Å². The van der Waals surface area contributed by atoms with Crippen LogP contribution in [0.3, 0.4) is 0 Å². The average molecular weight is 198 g/mol. The van der Waals surface area contributed by atoms with Crippen LogP contribution in [0, 0.1) is 0 Å². The number of nitrogens with one attached hydrogen (secondary N) is 1. The molecule has 0 aliphatic heterocycles. The molecule has 2 heteroatoms. The molecule has 0 saturated carbocycles. The molecular weight excluding hydrogens is 189 g/mol. The predicted molar refractivity (Wildman–Crippen MR) is 23.9 cm³/mol. The molecule has 0 aromatic carbocycles. The predicted octanol–water partition coefficient (Wildman–Crippen LogP) is -2.26. The molecule has 0 fully saturated rings. The first-order chi connectivity index (χ1) is 2.91. The minimum atomic E-state index is 0.142. The van der Waals surface area contributed by atoms with Crippen LogP contribution >= 0.6 is 0 Å². The third-order valence-electron chi connectivity index (χ3n) is 0.288. The maximum absolute atomic E-state index is 3.58. The number of rotatable bonds is 3. The van der Waals surface area contributed by atoms with E-state index >= 15 is 0 Å². The summed E-state index contributed by atoms with van der Waals surface area (Å²) < 4.78 is 5.15. The van der Waals surface area contributed by atoms with Crippen LogP contribution in [-0.4, -0.2) is 6.54 Å². The van der Waals surface area contributed by atoms with Crippen molar-refractivity contribution in [3.63, 3.8) is 0 Å². The Morgan fingerprint density at radius 2 is 2.67 bits per heavy atom. The summed E-state index contributed by atoms with van der Waals surface area (Å²) in [6, 6.07) is 0. The first-order valence-corrected chi connectivity index (χ1v) is 4.20. The van der Waals surface area contributed by atoms with E-state index in [-0.39, 0.29) is 21.5 Å². The van der Waals surface area contributed by atoms with E-state index in [0.29, 0.717) is 0 Å².